The summed E-state index contributed by atoms with van der Waals surface area (Å²) >= 11 is 5.39. The van der Waals surface area contributed by atoms with Crippen LogP contribution in [0.4, 0.5) is 11.4 Å². The lowest BCUT2D eigenvalue weighted by Crippen LogP contribution is -2.35. The van der Waals surface area contributed by atoms with Gasteiger partial charge in [0.2, 0.25) is 0 Å². The molecule has 0 spiro atoms. The number of thiocarbonyl (C=S) groups is 1. The lowest BCUT2D eigenvalue weighted by Gasteiger charge is -2.21. The number of hydrazone groups is 1. The van der Waals surface area contributed by atoms with Crippen LogP contribution in [-0.4, -0.2) is 22.8 Å². The molecule has 2 heterocycles. The average Bonchev–Trinajstić information content (AvgIpc) is 3.34. The fraction of sp³-hybridized carbons (Fsp3) is 0.269. The van der Waals surface area contributed by atoms with Crippen LogP contribution >= 0.6 is 12.2 Å². The van der Waals surface area contributed by atoms with Crippen molar-refractivity contribution >= 4 is 40.3 Å². The number of furan rings is 1. The van der Waals surface area contributed by atoms with Gasteiger partial charge in [0.15, 0.2) is 10.9 Å². The van der Waals surface area contributed by atoms with Crippen LogP contribution in [0.1, 0.15) is 52.8 Å². The van der Waals surface area contributed by atoms with Gasteiger partial charge < -0.3 is 14.6 Å². The molecule has 2 aliphatic rings. The van der Waals surface area contributed by atoms with Crippen LogP contribution in [0.3, 0.4) is 0 Å². The van der Waals surface area contributed by atoms with Gasteiger partial charge in [0.25, 0.3) is 5.91 Å². The smallest absolute Gasteiger partial charge is 0.294 e. The van der Waals surface area contributed by atoms with E-state index in [1.54, 1.807) is 0 Å². The Morgan fingerprint density at radius 2 is 1.88 bits per heavy atom. The van der Waals surface area contributed by atoms with Gasteiger partial charge in [-0.25, -0.2) is 0 Å². The number of anilines is 2. The molecular formula is C26H26N4O2S. The molecule has 7 heteroatoms. The Morgan fingerprint density at radius 3 is 2.70 bits per heavy atom. The number of hydrogen-bond donors (Lipinski definition) is 2. The van der Waals surface area contributed by atoms with Crippen LogP contribution in [-0.2, 0) is 12.8 Å². The molecule has 1 amide bonds. The number of carbonyl (C=O) groups excluding carboxylic acids is 1. The molecule has 0 bridgehead atoms. The molecule has 1 atom stereocenters. The van der Waals surface area contributed by atoms with Gasteiger partial charge in [-0.15, -0.1) is 0 Å². The van der Waals surface area contributed by atoms with Crippen LogP contribution in [0.5, 0.6) is 0 Å². The first-order valence-electron chi connectivity index (χ1n) is 11.3. The molecule has 1 aliphatic heterocycles. The van der Waals surface area contributed by atoms with Crippen molar-refractivity contribution in [3.63, 3.8) is 0 Å². The molecule has 0 fully saturated rings. The zero-order chi connectivity index (χ0) is 22.9. The van der Waals surface area contributed by atoms with Crippen molar-refractivity contribution in [3.8, 4) is 0 Å². The third-order valence-electron chi connectivity index (χ3n) is 6.27. The highest BCUT2D eigenvalue weighted by Crippen LogP contribution is 2.36. The number of amides is 1. The number of rotatable bonds is 3. The molecule has 2 N–H and O–H groups in total. The van der Waals surface area contributed by atoms with Crippen molar-refractivity contribution in [1.82, 2.24) is 5.43 Å². The number of para-hydroxylation sites is 2. The van der Waals surface area contributed by atoms with E-state index in [1.807, 2.05) is 60.4 Å². The van der Waals surface area contributed by atoms with Crippen LogP contribution in [0, 0.1) is 6.92 Å². The van der Waals surface area contributed by atoms with Crippen LogP contribution in [0.2, 0.25) is 0 Å². The fourth-order valence-corrected chi connectivity index (χ4v) is 4.93. The molecular weight excluding hydrogens is 432 g/mol. The van der Waals surface area contributed by atoms with Gasteiger partial charge in [0.05, 0.1) is 5.71 Å². The summed E-state index contributed by atoms with van der Waals surface area (Å²) in [4.78, 5) is 15.4. The maximum absolute atomic E-state index is 13.6. The lowest BCUT2D eigenvalue weighted by atomic mass is 9.93. The first kappa shape index (κ1) is 21.4. The van der Waals surface area contributed by atoms with Gasteiger partial charge in [-0.2, -0.15) is 5.10 Å². The Balaban J connectivity index is 1.40. The molecule has 33 heavy (non-hydrogen) atoms. The lowest BCUT2D eigenvalue weighted by molar-refractivity contribution is 0.0952. The van der Waals surface area contributed by atoms with E-state index in [9.17, 15) is 4.79 Å². The summed E-state index contributed by atoms with van der Waals surface area (Å²) < 4.78 is 6.16. The number of hydrogen-bond acceptors (Lipinski definition) is 4. The number of fused-ring (bicyclic) bond motifs is 2. The first-order chi connectivity index (χ1) is 16.0. The molecule has 6 nitrogen and oxygen atoms in total. The largest absolute Gasteiger partial charge is 0.455 e. The van der Waals surface area contributed by atoms with E-state index in [-0.39, 0.29) is 11.9 Å². The molecule has 0 saturated carbocycles. The topological polar surface area (TPSA) is 69.9 Å². The maximum Gasteiger partial charge on any atom is 0.294 e. The van der Waals surface area contributed by atoms with Gasteiger partial charge >= 0.3 is 0 Å². The first-order valence-corrected chi connectivity index (χ1v) is 11.7. The van der Waals surface area contributed by atoms with E-state index in [2.05, 4.69) is 28.8 Å². The van der Waals surface area contributed by atoms with Gasteiger partial charge in [0.1, 0.15) is 5.76 Å². The summed E-state index contributed by atoms with van der Waals surface area (Å²) in [6.07, 6.45) is 3.35. The average molecular weight is 459 g/mol. The molecule has 0 saturated heterocycles. The standard InChI is InChI=1S/C26H26N4O2S/c1-16-15-18-9-6-7-13-21(18)30(16)25(31)24-17(2)23-20(12-8-14-22(23)32-24)28-29-26(33)27-19-10-4-3-5-11-19/h3-7,9-11,13,16H,8,12,14-15H2,1-2H3,(H2,27,29,33)/b28-20+. The Hall–Kier alpha value is -3.45. The molecule has 1 aromatic heterocycles. The number of carbonyl (C=O) groups is 1. The van der Waals surface area contributed by atoms with Crippen molar-refractivity contribution in [2.45, 2.75) is 45.6 Å². The van der Waals surface area contributed by atoms with Gasteiger partial charge in [0, 0.05) is 35.0 Å². The highest BCUT2D eigenvalue weighted by molar-refractivity contribution is 7.80. The minimum absolute atomic E-state index is 0.0899. The fourth-order valence-electron chi connectivity index (χ4n) is 4.77. The van der Waals surface area contributed by atoms with Gasteiger partial charge in [-0.05, 0) is 69.1 Å². The zero-order valence-corrected chi connectivity index (χ0v) is 19.5. The highest BCUT2D eigenvalue weighted by atomic mass is 32.1. The molecule has 168 valence electrons. The predicted octanol–water partition coefficient (Wildman–Crippen LogP) is 5.21. The Labute approximate surface area is 198 Å². The van der Waals surface area contributed by atoms with E-state index in [1.165, 1.54) is 5.56 Å². The third kappa shape index (κ3) is 4.04. The molecule has 5 rings (SSSR count). The summed E-state index contributed by atoms with van der Waals surface area (Å²) in [5, 5.41) is 8.12. The third-order valence-corrected chi connectivity index (χ3v) is 6.46. The molecule has 0 radical (unpaired) electrons. The quantitative estimate of drug-likeness (QED) is 0.417. The summed E-state index contributed by atoms with van der Waals surface area (Å²) in [7, 11) is 0. The van der Waals surface area contributed by atoms with E-state index < -0.39 is 0 Å². The van der Waals surface area contributed by atoms with Gasteiger partial charge in [-0.1, -0.05) is 36.4 Å². The highest BCUT2D eigenvalue weighted by Gasteiger charge is 2.36. The SMILES string of the molecule is Cc1c(C(=O)N2c3ccccc3CC2C)oc2c1/C(=N/NC(=S)Nc1ccccc1)CCC2. The van der Waals surface area contributed by atoms with Crippen LogP contribution in [0.25, 0.3) is 0 Å². The van der Waals surface area contributed by atoms with Crippen molar-refractivity contribution in [1.29, 1.82) is 0 Å². The minimum Gasteiger partial charge on any atom is -0.455 e. The van der Waals surface area contributed by atoms with Crippen molar-refractivity contribution in [3.05, 3.63) is 82.8 Å². The van der Waals surface area contributed by atoms with E-state index in [0.717, 1.165) is 59.7 Å². The van der Waals surface area contributed by atoms with Crippen molar-refractivity contribution in [2.75, 3.05) is 10.2 Å². The van der Waals surface area contributed by atoms with Gasteiger partial charge in [-0.3, -0.25) is 10.2 Å². The normalized spacial score (nSPS) is 18.1. The summed E-state index contributed by atoms with van der Waals surface area (Å²) in [5.41, 5.74) is 8.65. The molecule has 2 aromatic carbocycles. The number of nitrogens with one attached hydrogen (secondary N) is 2. The van der Waals surface area contributed by atoms with E-state index in [4.69, 9.17) is 16.6 Å². The van der Waals surface area contributed by atoms with Crippen LogP contribution in [0.15, 0.2) is 64.1 Å². The summed E-state index contributed by atoms with van der Waals surface area (Å²) in [6, 6.07) is 17.9. The Morgan fingerprint density at radius 1 is 1.12 bits per heavy atom. The molecule has 1 unspecified atom stereocenters. The number of benzene rings is 2. The second-order valence-corrected chi connectivity index (χ2v) is 8.96. The predicted molar refractivity (Wildman–Crippen MR) is 135 cm³/mol. The van der Waals surface area contributed by atoms with Crippen LogP contribution < -0.4 is 15.6 Å². The Bertz CT molecular complexity index is 1250. The van der Waals surface area contributed by atoms with Crippen molar-refractivity contribution in [2.24, 2.45) is 5.10 Å². The van der Waals surface area contributed by atoms with E-state index in [0.29, 0.717) is 10.9 Å². The minimum atomic E-state index is -0.0899. The second kappa shape index (κ2) is 8.83. The Kier molecular flexibility index (Phi) is 5.72. The second-order valence-electron chi connectivity index (χ2n) is 8.56. The number of nitrogens with zero attached hydrogens (tertiary/aromatic N) is 2. The molecule has 1 aliphatic carbocycles. The zero-order valence-electron chi connectivity index (χ0n) is 18.7. The molecule has 3 aromatic rings. The summed E-state index contributed by atoms with van der Waals surface area (Å²) in [6.45, 7) is 4.02. The summed E-state index contributed by atoms with van der Waals surface area (Å²) in [5.74, 6) is 1.14. The maximum atomic E-state index is 13.6. The number of aryl methyl sites for hydroxylation is 1. The van der Waals surface area contributed by atoms with E-state index >= 15 is 0 Å². The van der Waals surface area contributed by atoms with Crippen molar-refractivity contribution < 1.29 is 9.21 Å². The monoisotopic (exact) mass is 458 g/mol.